The topological polar surface area (TPSA) is 64.5 Å². The molecule has 0 aromatic carbocycles. The van der Waals surface area contributed by atoms with Crippen LogP contribution in [0, 0.1) is 6.92 Å². The molecule has 0 N–H and O–H groups in total. The van der Waals surface area contributed by atoms with Crippen molar-refractivity contribution in [2.45, 2.75) is 39.6 Å². The average molecular weight is 265 g/mol. The van der Waals surface area contributed by atoms with E-state index >= 15 is 0 Å². The Labute approximate surface area is 112 Å². The normalized spacial score (nSPS) is 23.2. The van der Waals surface area contributed by atoms with Crippen molar-refractivity contribution in [1.29, 1.82) is 0 Å². The first-order valence-corrected chi connectivity index (χ1v) is 6.39. The second-order valence-electron chi connectivity index (χ2n) is 4.87. The Kier molecular flexibility index (Phi) is 4.31. The molecular formula is C13H19N3O3. The van der Waals surface area contributed by atoms with Crippen LogP contribution in [0.15, 0.2) is 12.4 Å². The highest BCUT2D eigenvalue weighted by Gasteiger charge is 2.26. The molecule has 104 valence electrons. The van der Waals surface area contributed by atoms with Crippen molar-refractivity contribution in [3.05, 3.63) is 23.8 Å². The number of carbonyl (C=O) groups is 1. The fourth-order valence-electron chi connectivity index (χ4n) is 2.05. The highest BCUT2D eigenvalue weighted by atomic mass is 16.6. The zero-order valence-corrected chi connectivity index (χ0v) is 11.5. The van der Waals surface area contributed by atoms with Gasteiger partial charge in [-0.1, -0.05) is 0 Å². The van der Waals surface area contributed by atoms with Gasteiger partial charge < -0.3 is 14.4 Å². The Hall–Kier alpha value is -1.69. The predicted octanol–water partition coefficient (Wildman–Crippen LogP) is 1.53. The predicted molar refractivity (Wildman–Crippen MR) is 68.5 cm³/mol. The van der Waals surface area contributed by atoms with Crippen LogP contribution < -0.4 is 0 Å². The van der Waals surface area contributed by atoms with Gasteiger partial charge in [0.2, 0.25) is 0 Å². The molecule has 2 rings (SSSR count). The molecular weight excluding hydrogens is 246 g/mol. The van der Waals surface area contributed by atoms with E-state index in [0.717, 1.165) is 5.69 Å². The molecule has 1 aliphatic rings. The van der Waals surface area contributed by atoms with E-state index in [4.69, 9.17) is 9.47 Å². The molecule has 2 heterocycles. The van der Waals surface area contributed by atoms with Crippen LogP contribution in [0.1, 0.15) is 25.2 Å². The van der Waals surface area contributed by atoms with E-state index in [9.17, 15) is 4.79 Å². The van der Waals surface area contributed by atoms with Crippen molar-refractivity contribution in [2.24, 2.45) is 0 Å². The van der Waals surface area contributed by atoms with E-state index in [0.29, 0.717) is 18.8 Å². The van der Waals surface area contributed by atoms with Gasteiger partial charge in [0.25, 0.3) is 0 Å². The lowest BCUT2D eigenvalue weighted by Gasteiger charge is -2.34. The molecule has 1 aliphatic heterocycles. The standard InChI is InChI=1S/C13H19N3O3/c1-9-4-15-12(5-14-9)8-18-13(17)16-6-10(2)19-11(3)7-16/h4-5,10-11H,6-8H2,1-3H3/t10-,11+. The maximum Gasteiger partial charge on any atom is 0.410 e. The zero-order valence-electron chi connectivity index (χ0n) is 11.5. The molecule has 6 nitrogen and oxygen atoms in total. The number of aryl methyl sites for hydroxylation is 1. The van der Waals surface area contributed by atoms with Crippen LogP contribution in [0.5, 0.6) is 0 Å². The fraction of sp³-hybridized carbons (Fsp3) is 0.615. The Morgan fingerprint density at radius 2 is 2.05 bits per heavy atom. The molecule has 2 atom stereocenters. The summed E-state index contributed by atoms with van der Waals surface area (Å²) in [4.78, 5) is 21.8. The molecule has 1 fully saturated rings. The van der Waals surface area contributed by atoms with Crippen LogP contribution in [-0.2, 0) is 16.1 Å². The molecule has 1 aromatic rings. The number of rotatable bonds is 2. The summed E-state index contributed by atoms with van der Waals surface area (Å²) in [5, 5.41) is 0. The first-order valence-electron chi connectivity index (χ1n) is 6.39. The summed E-state index contributed by atoms with van der Waals surface area (Å²) in [6.07, 6.45) is 3.02. The summed E-state index contributed by atoms with van der Waals surface area (Å²) in [5.41, 5.74) is 1.49. The summed E-state index contributed by atoms with van der Waals surface area (Å²) < 4.78 is 10.8. The number of hydrogen-bond donors (Lipinski definition) is 0. The molecule has 1 saturated heterocycles. The highest BCUT2D eigenvalue weighted by molar-refractivity contribution is 5.67. The van der Waals surface area contributed by atoms with Gasteiger partial charge in [-0.15, -0.1) is 0 Å². The summed E-state index contributed by atoms with van der Waals surface area (Å²) in [7, 11) is 0. The number of nitrogens with zero attached hydrogens (tertiary/aromatic N) is 3. The summed E-state index contributed by atoms with van der Waals surface area (Å²) >= 11 is 0. The number of morpholine rings is 1. The van der Waals surface area contributed by atoms with Gasteiger partial charge in [0.1, 0.15) is 6.61 Å². The summed E-state index contributed by atoms with van der Waals surface area (Å²) in [5.74, 6) is 0. The first-order chi connectivity index (χ1) is 9.04. The lowest BCUT2D eigenvalue weighted by Crippen LogP contribution is -2.48. The molecule has 0 unspecified atom stereocenters. The minimum absolute atomic E-state index is 0.0375. The maximum absolute atomic E-state index is 11.9. The number of amides is 1. The minimum Gasteiger partial charge on any atom is -0.443 e. The van der Waals surface area contributed by atoms with Crippen LogP contribution in [-0.4, -0.2) is 46.3 Å². The van der Waals surface area contributed by atoms with Gasteiger partial charge in [0.15, 0.2) is 0 Å². The van der Waals surface area contributed by atoms with Gasteiger partial charge >= 0.3 is 6.09 Å². The van der Waals surface area contributed by atoms with Gasteiger partial charge in [-0.3, -0.25) is 9.97 Å². The van der Waals surface area contributed by atoms with E-state index in [1.54, 1.807) is 17.3 Å². The average Bonchev–Trinajstić information content (AvgIpc) is 2.36. The zero-order chi connectivity index (χ0) is 13.8. The molecule has 19 heavy (non-hydrogen) atoms. The number of ether oxygens (including phenoxy) is 2. The van der Waals surface area contributed by atoms with Crippen molar-refractivity contribution in [3.8, 4) is 0 Å². The minimum atomic E-state index is -0.329. The maximum atomic E-state index is 11.9. The van der Waals surface area contributed by atoms with Crippen LogP contribution in [0.2, 0.25) is 0 Å². The monoisotopic (exact) mass is 265 g/mol. The largest absolute Gasteiger partial charge is 0.443 e. The molecule has 0 radical (unpaired) electrons. The molecule has 0 spiro atoms. The van der Waals surface area contributed by atoms with Crippen molar-refractivity contribution < 1.29 is 14.3 Å². The van der Waals surface area contributed by atoms with E-state index in [1.165, 1.54) is 0 Å². The Balaban J connectivity index is 1.85. The highest BCUT2D eigenvalue weighted by Crippen LogP contribution is 2.12. The van der Waals surface area contributed by atoms with Crippen LogP contribution >= 0.6 is 0 Å². The third-order valence-electron chi connectivity index (χ3n) is 2.86. The molecule has 0 aliphatic carbocycles. The van der Waals surface area contributed by atoms with E-state index in [-0.39, 0.29) is 24.9 Å². The van der Waals surface area contributed by atoms with Crippen molar-refractivity contribution in [1.82, 2.24) is 14.9 Å². The molecule has 1 amide bonds. The van der Waals surface area contributed by atoms with E-state index < -0.39 is 0 Å². The van der Waals surface area contributed by atoms with Crippen LogP contribution in [0.25, 0.3) is 0 Å². The smallest absolute Gasteiger partial charge is 0.410 e. The Morgan fingerprint density at radius 1 is 1.37 bits per heavy atom. The van der Waals surface area contributed by atoms with Crippen molar-refractivity contribution >= 4 is 6.09 Å². The van der Waals surface area contributed by atoms with Gasteiger partial charge in [-0.2, -0.15) is 0 Å². The van der Waals surface area contributed by atoms with Crippen LogP contribution in [0.3, 0.4) is 0 Å². The van der Waals surface area contributed by atoms with Crippen LogP contribution in [0.4, 0.5) is 4.79 Å². The third kappa shape index (κ3) is 3.89. The summed E-state index contributed by atoms with van der Waals surface area (Å²) in [6.45, 7) is 7.01. The molecule has 0 saturated carbocycles. The van der Waals surface area contributed by atoms with Gasteiger partial charge in [0.05, 0.1) is 42.9 Å². The molecule has 6 heteroatoms. The van der Waals surface area contributed by atoms with Crippen molar-refractivity contribution in [2.75, 3.05) is 13.1 Å². The number of carbonyl (C=O) groups excluding carboxylic acids is 1. The first kappa shape index (κ1) is 13.7. The SMILES string of the molecule is Cc1cnc(COC(=O)N2C[C@@H](C)O[C@@H](C)C2)cn1. The Morgan fingerprint density at radius 3 is 2.63 bits per heavy atom. The quantitative estimate of drug-likeness (QED) is 0.811. The molecule has 0 bridgehead atoms. The second-order valence-corrected chi connectivity index (χ2v) is 4.87. The second kappa shape index (κ2) is 5.97. The fourth-order valence-corrected chi connectivity index (χ4v) is 2.05. The van der Waals surface area contributed by atoms with E-state index in [2.05, 4.69) is 9.97 Å². The van der Waals surface area contributed by atoms with E-state index in [1.807, 2.05) is 20.8 Å². The number of hydrogen-bond acceptors (Lipinski definition) is 5. The van der Waals surface area contributed by atoms with Gasteiger partial charge in [0, 0.05) is 6.20 Å². The molecule has 1 aromatic heterocycles. The lowest BCUT2D eigenvalue weighted by atomic mass is 10.2. The van der Waals surface area contributed by atoms with Crippen molar-refractivity contribution in [3.63, 3.8) is 0 Å². The lowest BCUT2D eigenvalue weighted by molar-refractivity contribution is -0.0645. The number of aromatic nitrogens is 2. The van der Waals surface area contributed by atoms with Gasteiger partial charge in [-0.25, -0.2) is 4.79 Å². The Bertz CT molecular complexity index is 425. The summed E-state index contributed by atoms with van der Waals surface area (Å²) in [6, 6.07) is 0. The third-order valence-corrected chi connectivity index (χ3v) is 2.86. The van der Waals surface area contributed by atoms with Gasteiger partial charge in [-0.05, 0) is 20.8 Å².